The van der Waals surface area contributed by atoms with E-state index in [4.69, 9.17) is 21.3 Å². The third-order valence-corrected chi connectivity index (χ3v) is 7.89. The number of methoxy groups -OCH3 is 1. The molecule has 2 atom stereocenters. The number of sulfone groups is 1. The van der Waals surface area contributed by atoms with Gasteiger partial charge in [-0.05, 0) is 29.8 Å². The summed E-state index contributed by atoms with van der Waals surface area (Å²) in [4.78, 5) is 6.65. The second-order valence-corrected chi connectivity index (χ2v) is 10.2. The van der Waals surface area contributed by atoms with Crippen molar-refractivity contribution in [2.75, 3.05) is 23.5 Å². The Morgan fingerprint density at radius 1 is 1.29 bits per heavy atom. The van der Waals surface area contributed by atoms with Crippen LogP contribution in [0.3, 0.4) is 0 Å². The Hall–Kier alpha value is -1.77. The van der Waals surface area contributed by atoms with Crippen LogP contribution in [0.5, 0.6) is 5.75 Å². The summed E-state index contributed by atoms with van der Waals surface area (Å²) < 4.78 is 43.1. The molecule has 0 spiro atoms. The smallest absolute Gasteiger partial charge is 0.164 e. The molecular formula is C19H18ClFN2O3S2. The Balaban J connectivity index is 1.66. The number of hydrogen-bond acceptors (Lipinski definition) is 6. The highest BCUT2D eigenvalue weighted by Crippen LogP contribution is 2.40. The molecule has 0 radical (unpaired) electrons. The first-order valence-corrected chi connectivity index (χ1v) is 11.8. The van der Waals surface area contributed by atoms with Crippen molar-refractivity contribution in [1.29, 1.82) is 0 Å². The molecule has 0 aromatic heterocycles. The first kappa shape index (κ1) is 19.5. The van der Waals surface area contributed by atoms with Gasteiger partial charge >= 0.3 is 0 Å². The van der Waals surface area contributed by atoms with Crippen LogP contribution in [-0.4, -0.2) is 44.3 Å². The molecule has 4 rings (SSSR count). The Labute approximate surface area is 172 Å². The lowest BCUT2D eigenvalue weighted by Gasteiger charge is -2.28. The van der Waals surface area contributed by atoms with E-state index in [2.05, 4.69) is 0 Å². The second kappa shape index (κ2) is 7.57. The summed E-state index contributed by atoms with van der Waals surface area (Å²) >= 11 is 7.60. The van der Waals surface area contributed by atoms with Crippen LogP contribution in [0, 0.1) is 5.82 Å². The summed E-state index contributed by atoms with van der Waals surface area (Å²) in [5.74, 6) is 0.869. The fraction of sp³-hybridized carbons (Fsp3) is 0.316. The van der Waals surface area contributed by atoms with Crippen molar-refractivity contribution < 1.29 is 17.5 Å². The number of fused-ring (bicyclic) bond motifs is 1. The molecule has 9 heteroatoms. The summed E-state index contributed by atoms with van der Waals surface area (Å²) in [5, 5.41) is 1.08. The van der Waals surface area contributed by atoms with Crippen molar-refractivity contribution in [1.82, 2.24) is 0 Å². The number of nitrogens with zero attached hydrogens (tertiary/aromatic N) is 2. The molecule has 1 fully saturated rings. The highest BCUT2D eigenvalue weighted by Gasteiger charge is 2.47. The van der Waals surface area contributed by atoms with Crippen molar-refractivity contribution in [2.45, 2.75) is 17.8 Å². The molecular weight excluding hydrogens is 423 g/mol. The predicted molar refractivity (Wildman–Crippen MR) is 112 cm³/mol. The van der Waals surface area contributed by atoms with Gasteiger partial charge in [0, 0.05) is 10.8 Å². The molecule has 2 heterocycles. The number of ether oxygens (including phenoxy) is 1. The highest BCUT2D eigenvalue weighted by molar-refractivity contribution is 8.13. The fourth-order valence-corrected chi connectivity index (χ4v) is 6.80. The van der Waals surface area contributed by atoms with Crippen molar-refractivity contribution >= 4 is 44.1 Å². The zero-order valence-corrected chi connectivity index (χ0v) is 17.4. The minimum atomic E-state index is -3.13. The fourth-order valence-electron chi connectivity index (χ4n) is 3.52. The van der Waals surface area contributed by atoms with Crippen LogP contribution >= 0.6 is 23.4 Å². The quantitative estimate of drug-likeness (QED) is 0.724. The van der Waals surface area contributed by atoms with Crippen LogP contribution in [0.15, 0.2) is 47.5 Å². The third kappa shape index (κ3) is 3.73. The van der Waals surface area contributed by atoms with E-state index in [1.165, 1.54) is 23.9 Å². The molecule has 0 saturated carbocycles. The number of aliphatic imine (C=N–C) groups is 1. The van der Waals surface area contributed by atoms with Crippen molar-refractivity contribution in [2.24, 2.45) is 4.99 Å². The Bertz CT molecular complexity index is 1050. The Morgan fingerprint density at radius 2 is 2.07 bits per heavy atom. The molecule has 28 heavy (non-hydrogen) atoms. The number of rotatable bonds is 4. The maximum atomic E-state index is 13.3. The van der Waals surface area contributed by atoms with Gasteiger partial charge in [-0.1, -0.05) is 41.6 Å². The van der Waals surface area contributed by atoms with Crippen molar-refractivity contribution in [3.8, 4) is 5.75 Å². The van der Waals surface area contributed by atoms with Crippen LogP contribution in [0.4, 0.5) is 10.1 Å². The zero-order chi connectivity index (χ0) is 19.9. The summed E-state index contributed by atoms with van der Waals surface area (Å²) in [6.07, 6.45) is 0. The maximum Gasteiger partial charge on any atom is 0.164 e. The van der Waals surface area contributed by atoms with Crippen LogP contribution in [0.1, 0.15) is 5.56 Å². The molecule has 2 aromatic carbocycles. The van der Waals surface area contributed by atoms with Crippen molar-refractivity contribution in [3.63, 3.8) is 0 Å². The molecule has 0 aliphatic carbocycles. The first-order chi connectivity index (χ1) is 13.4. The first-order valence-electron chi connectivity index (χ1n) is 8.65. The number of benzene rings is 2. The monoisotopic (exact) mass is 440 g/mol. The van der Waals surface area contributed by atoms with Gasteiger partial charge in [-0.25, -0.2) is 12.8 Å². The van der Waals surface area contributed by atoms with E-state index in [0.29, 0.717) is 16.5 Å². The van der Waals surface area contributed by atoms with E-state index in [9.17, 15) is 12.8 Å². The maximum absolute atomic E-state index is 13.3. The summed E-state index contributed by atoms with van der Waals surface area (Å²) in [6, 6.07) is 11.2. The topological polar surface area (TPSA) is 59.0 Å². The average Bonchev–Trinajstić information content (AvgIpc) is 3.12. The molecule has 0 amide bonds. The van der Waals surface area contributed by atoms with Gasteiger partial charge in [0.2, 0.25) is 0 Å². The summed E-state index contributed by atoms with van der Waals surface area (Å²) in [5.41, 5.74) is 1.58. The molecule has 2 aliphatic heterocycles. The minimum absolute atomic E-state index is 0.0463. The van der Waals surface area contributed by atoms with E-state index in [1.54, 1.807) is 13.2 Å². The SMILES string of the molecule is COc1ccccc1N1C(SCc2ccc(F)cc2Cl)=N[C@H]2CS(=O)(=O)C[C@H]21. The van der Waals surface area contributed by atoms with Gasteiger partial charge < -0.3 is 9.64 Å². The van der Waals surface area contributed by atoms with Gasteiger partial charge in [0.1, 0.15) is 11.6 Å². The molecule has 2 aliphatic rings. The largest absolute Gasteiger partial charge is 0.495 e. The van der Waals surface area contributed by atoms with E-state index in [-0.39, 0.29) is 29.4 Å². The van der Waals surface area contributed by atoms with E-state index in [1.807, 2.05) is 29.2 Å². The molecule has 2 aromatic rings. The molecule has 5 nitrogen and oxygen atoms in total. The normalized spacial score (nSPS) is 22.8. The zero-order valence-electron chi connectivity index (χ0n) is 15.0. The summed E-state index contributed by atoms with van der Waals surface area (Å²) in [6.45, 7) is 0. The van der Waals surface area contributed by atoms with Gasteiger partial charge in [-0.15, -0.1) is 0 Å². The third-order valence-electron chi connectivity index (χ3n) is 4.82. The summed E-state index contributed by atoms with van der Waals surface area (Å²) in [7, 11) is -1.55. The van der Waals surface area contributed by atoms with Crippen molar-refractivity contribution in [3.05, 3.63) is 58.9 Å². The van der Waals surface area contributed by atoms with Gasteiger partial charge in [-0.2, -0.15) is 0 Å². The molecule has 1 saturated heterocycles. The standard InChI is InChI=1S/C19H18ClFN2O3S2/c1-26-18-5-3-2-4-16(18)23-17-11-28(24,25)10-15(17)22-19(23)27-9-12-6-7-13(21)8-14(12)20/h2-8,15,17H,9-11H2,1H3/t15-,17+/m0/s1. The minimum Gasteiger partial charge on any atom is -0.495 e. The lowest BCUT2D eigenvalue weighted by atomic mass is 10.1. The van der Waals surface area contributed by atoms with Crippen LogP contribution in [0.2, 0.25) is 5.02 Å². The molecule has 0 unspecified atom stereocenters. The van der Waals surface area contributed by atoms with Crippen LogP contribution < -0.4 is 9.64 Å². The average molecular weight is 441 g/mol. The Morgan fingerprint density at radius 3 is 2.82 bits per heavy atom. The van der Waals surface area contributed by atoms with Crippen LogP contribution in [-0.2, 0) is 15.6 Å². The number of hydrogen-bond donors (Lipinski definition) is 0. The van der Waals surface area contributed by atoms with Gasteiger partial charge in [0.05, 0.1) is 36.4 Å². The number of thioether (sulfide) groups is 1. The molecule has 148 valence electrons. The molecule has 0 bridgehead atoms. The van der Waals surface area contributed by atoms with Gasteiger partial charge in [0.25, 0.3) is 0 Å². The second-order valence-electron chi connectivity index (χ2n) is 6.69. The number of anilines is 1. The number of amidine groups is 1. The van der Waals surface area contributed by atoms with Crippen LogP contribution in [0.25, 0.3) is 0 Å². The van der Waals surface area contributed by atoms with Gasteiger partial charge in [-0.3, -0.25) is 4.99 Å². The predicted octanol–water partition coefficient (Wildman–Crippen LogP) is 3.76. The van der Waals surface area contributed by atoms with E-state index < -0.39 is 9.84 Å². The highest BCUT2D eigenvalue weighted by atomic mass is 35.5. The molecule has 0 N–H and O–H groups in total. The van der Waals surface area contributed by atoms with E-state index >= 15 is 0 Å². The Kier molecular flexibility index (Phi) is 5.28. The van der Waals surface area contributed by atoms with Gasteiger partial charge in [0.15, 0.2) is 15.0 Å². The number of halogens is 2. The lowest BCUT2D eigenvalue weighted by molar-refractivity contribution is 0.415. The lowest BCUT2D eigenvalue weighted by Crippen LogP contribution is -2.39. The van der Waals surface area contributed by atoms with E-state index in [0.717, 1.165) is 16.4 Å². The number of para-hydroxylation sites is 2.